The molecule has 140 valence electrons. The summed E-state index contributed by atoms with van der Waals surface area (Å²) in [5.41, 5.74) is 0. The van der Waals surface area contributed by atoms with Crippen molar-refractivity contribution >= 4 is 5.91 Å². The number of allylic oxidation sites excluding steroid dienone is 1. The van der Waals surface area contributed by atoms with Gasteiger partial charge in [0.2, 0.25) is 5.91 Å². The van der Waals surface area contributed by atoms with Crippen molar-refractivity contribution in [3.8, 4) is 0 Å². The largest absolute Gasteiger partial charge is 0.339 e. The Morgan fingerprint density at radius 2 is 1.21 bits per heavy atom. The van der Waals surface area contributed by atoms with Crippen LogP contribution in [0.4, 0.5) is 0 Å². The number of unbranched alkanes of at least 4 members (excludes halogenated alkanes) is 13. The normalized spacial score (nSPS) is 14.8. The fourth-order valence-corrected chi connectivity index (χ4v) is 3.51. The Morgan fingerprint density at radius 1 is 0.750 bits per heavy atom. The Hall–Kier alpha value is -0.790. The molecule has 0 aromatic rings. The van der Waals surface area contributed by atoms with E-state index in [1.54, 1.807) is 6.08 Å². The first-order chi connectivity index (χ1) is 11.8. The first-order valence-corrected chi connectivity index (χ1v) is 10.8. The average molecular weight is 336 g/mol. The molecular formula is C22H41NO. The summed E-state index contributed by atoms with van der Waals surface area (Å²) in [6.45, 7) is 4.20. The Labute approximate surface area is 151 Å². The minimum atomic E-state index is 0.224. The van der Waals surface area contributed by atoms with Crippen molar-refractivity contribution in [3.63, 3.8) is 0 Å². The maximum Gasteiger partial charge on any atom is 0.246 e. The lowest BCUT2D eigenvalue weighted by Gasteiger charge is -2.11. The van der Waals surface area contributed by atoms with E-state index in [1.165, 1.54) is 96.3 Å². The topological polar surface area (TPSA) is 20.3 Å². The summed E-state index contributed by atoms with van der Waals surface area (Å²) in [6, 6.07) is 0. The van der Waals surface area contributed by atoms with Crippen LogP contribution >= 0.6 is 0 Å². The summed E-state index contributed by atoms with van der Waals surface area (Å²) in [6.07, 6.45) is 25.4. The summed E-state index contributed by atoms with van der Waals surface area (Å²) in [5.74, 6) is 0.224. The van der Waals surface area contributed by atoms with Gasteiger partial charge in [0, 0.05) is 13.1 Å². The minimum Gasteiger partial charge on any atom is -0.339 e. The quantitative estimate of drug-likeness (QED) is 0.242. The van der Waals surface area contributed by atoms with Crippen LogP contribution in [0.2, 0.25) is 0 Å². The summed E-state index contributed by atoms with van der Waals surface area (Å²) >= 11 is 0. The van der Waals surface area contributed by atoms with Gasteiger partial charge in [-0.2, -0.15) is 0 Å². The number of carbonyl (C=O) groups excluding carboxylic acids is 1. The summed E-state index contributed by atoms with van der Waals surface area (Å²) in [7, 11) is 0. The van der Waals surface area contributed by atoms with Crippen LogP contribution in [0.5, 0.6) is 0 Å². The molecule has 2 nitrogen and oxygen atoms in total. The van der Waals surface area contributed by atoms with Crippen LogP contribution in [0.1, 0.15) is 110 Å². The fourth-order valence-electron chi connectivity index (χ4n) is 3.51. The highest BCUT2D eigenvalue weighted by Gasteiger charge is 2.14. The first kappa shape index (κ1) is 21.3. The van der Waals surface area contributed by atoms with Gasteiger partial charge in [-0.1, -0.05) is 90.0 Å². The highest BCUT2D eigenvalue weighted by Crippen LogP contribution is 2.13. The number of amides is 1. The molecule has 1 rings (SSSR count). The second kappa shape index (κ2) is 15.7. The summed E-state index contributed by atoms with van der Waals surface area (Å²) < 4.78 is 0. The lowest BCUT2D eigenvalue weighted by Crippen LogP contribution is -2.25. The van der Waals surface area contributed by atoms with Gasteiger partial charge in [-0.25, -0.2) is 0 Å². The van der Waals surface area contributed by atoms with Crippen molar-refractivity contribution in [3.05, 3.63) is 12.2 Å². The SMILES string of the molecule is CCCCCCCCCCCCCCC/C=C/C(=O)N1CCCC1. The van der Waals surface area contributed by atoms with Crippen LogP contribution in [0.15, 0.2) is 12.2 Å². The van der Waals surface area contributed by atoms with Gasteiger partial charge in [0.25, 0.3) is 0 Å². The van der Waals surface area contributed by atoms with E-state index in [1.807, 2.05) is 4.90 Å². The van der Waals surface area contributed by atoms with E-state index in [9.17, 15) is 4.79 Å². The van der Waals surface area contributed by atoms with Crippen molar-refractivity contribution in [2.45, 2.75) is 110 Å². The highest BCUT2D eigenvalue weighted by molar-refractivity contribution is 5.87. The van der Waals surface area contributed by atoms with Crippen LogP contribution < -0.4 is 0 Å². The molecule has 1 fully saturated rings. The number of rotatable bonds is 15. The van der Waals surface area contributed by atoms with E-state index >= 15 is 0 Å². The third-order valence-electron chi connectivity index (χ3n) is 5.15. The lowest BCUT2D eigenvalue weighted by molar-refractivity contribution is -0.125. The molecule has 0 radical (unpaired) electrons. The Balaban J connectivity index is 1.76. The van der Waals surface area contributed by atoms with Crippen LogP contribution in [0.25, 0.3) is 0 Å². The minimum absolute atomic E-state index is 0.224. The molecule has 24 heavy (non-hydrogen) atoms. The molecule has 0 aliphatic carbocycles. The van der Waals surface area contributed by atoms with Crippen molar-refractivity contribution < 1.29 is 4.79 Å². The molecule has 1 aliphatic rings. The molecule has 0 spiro atoms. The van der Waals surface area contributed by atoms with Gasteiger partial charge in [-0.05, 0) is 31.8 Å². The van der Waals surface area contributed by atoms with E-state index < -0.39 is 0 Å². The predicted octanol–water partition coefficient (Wildman–Crippen LogP) is 6.65. The maximum absolute atomic E-state index is 11.8. The Morgan fingerprint density at radius 3 is 1.71 bits per heavy atom. The molecule has 0 saturated carbocycles. The molecule has 0 aromatic carbocycles. The molecule has 0 aromatic heterocycles. The summed E-state index contributed by atoms with van der Waals surface area (Å²) in [4.78, 5) is 13.8. The number of nitrogens with zero attached hydrogens (tertiary/aromatic N) is 1. The second-order valence-electron chi connectivity index (χ2n) is 7.47. The lowest BCUT2D eigenvalue weighted by atomic mass is 10.0. The van der Waals surface area contributed by atoms with Crippen LogP contribution in [-0.2, 0) is 4.79 Å². The van der Waals surface area contributed by atoms with Gasteiger partial charge in [-0.15, -0.1) is 0 Å². The number of hydrogen-bond acceptors (Lipinski definition) is 1. The molecule has 1 saturated heterocycles. The van der Waals surface area contributed by atoms with E-state index in [4.69, 9.17) is 0 Å². The van der Waals surface area contributed by atoms with Crippen molar-refractivity contribution in [2.24, 2.45) is 0 Å². The zero-order valence-electron chi connectivity index (χ0n) is 16.2. The summed E-state index contributed by atoms with van der Waals surface area (Å²) in [5, 5.41) is 0. The number of likely N-dealkylation sites (tertiary alicyclic amines) is 1. The Bertz CT molecular complexity index is 318. The number of hydrogen-bond donors (Lipinski definition) is 0. The number of carbonyl (C=O) groups is 1. The van der Waals surface area contributed by atoms with Gasteiger partial charge in [-0.3, -0.25) is 4.79 Å². The van der Waals surface area contributed by atoms with Crippen molar-refractivity contribution in [1.29, 1.82) is 0 Å². The van der Waals surface area contributed by atoms with E-state index in [-0.39, 0.29) is 5.91 Å². The van der Waals surface area contributed by atoms with Crippen molar-refractivity contribution in [1.82, 2.24) is 4.90 Å². The third kappa shape index (κ3) is 11.7. The first-order valence-electron chi connectivity index (χ1n) is 10.8. The molecule has 0 N–H and O–H groups in total. The zero-order valence-corrected chi connectivity index (χ0v) is 16.2. The van der Waals surface area contributed by atoms with Gasteiger partial charge in [0.15, 0.2) is 0 Å². The van der Waals surface area contributed by atoms with E-state index in [0.29, 0.717) is 0 Å². The van der Waals surface area contributed by atoms with Crippen molar-refractivity contribution in [2.75, 3.05) is 13.1 Å². The van der Waals surface area contributed by atoms with Gasteiger partial charge < -0.3 is 4.90 Å². The molecule has 2 heteroatoms. The average Bonchev–Trinajstić information content (AvgIpc) is 3.13. The smallest absolute Gasteiger partial charge is 0.246 e. The second-order valence-corrected chi connectivity index (χ2v) is 7.47. The zero-order chi connectivity index (χ0) is 17.3. The molecular weight excluding hydrogens is 294 g/mol. The molecule has 0 bridgehead atoms. The fraction of sp³-hybridized carbons (Fsp3) is 0.864. The van der Waals surface area contributed by atoms with Gasteiger partial charge >= 0.3 is 0 Å². The molecule has 1 aliphatic heterocycles. The van der Waals surface area contributed by atoms with Crippen LogP contribution in [0, 0.1) is 0 Å². The van der Waals surface area contributed by atoms with Gasteiger partial charge in [0.05, 0.1) is 0 Å². The van der Waals surface area contributed by atoms with E-state index in [2.05, 4.69) is 13.0 Å². The third-order valence-corrected chi connectivity index (χ3v) is 5.15. The monoisotopic (exact) mass is 335 g/mol. The predicted molar refractivity (Wildman–Crippen MR) is 105 cm³/mol. The molecule has 0 unspecified atom stereocenters. The molecule has 1 amide bonds. The Kier molecular flexibility index (Phi) is 13.9. The van der Waals surface area contributed by atoms with Gasteiger partial charge in [0.1, 0.15) is 0 Å². The van der Waals surface area contributed by atoms with E-state index in [0.717, 1.165) is 19.5 Å². The molecule has 0 atom stereocenters. The molecule has 1 heterocycles. The maximum atomic E-state index is 11.8. The van der Waals surface area contributed by atoms with Crippen LogP contribution in [0.3, 0.4) is 0 Å². The highest BCUT2D eigenvalue weighted by atomic mass is 16.2. The van der Waals surface area contributed by atoms with Crippen LogP contribution in [-0.4, -0.2) is 23.9 Å². The standard InChI is InChI=1S/C22H41NO/c1-2-3-4-5-6-7-8-9-10-11-12-13-14-15-16-19-22(24)23-20-17-18-21-23/h16,19H,2-15,17-18,20-21H2,1H3/b19-16+.